The van der Waals surface area contributed by atoms with Gasteiger partial charge in [-0.25, -0.2) is 4.98 Å². The van der Waals surface area contributed by atoms with Crippen LogP contribution in [0.4, 0.5) is 14.6 Å². The van der Waals surface area contributed by atoms with Crippen LogP contribution in [0.5, 0.6) is 11.5 Å². The average Bonchev–Trinajstić information content (AvgIpc) is 2.71. The van der Waals surface area contributed by atoms with E-state index in [9.17, 15) is 13.6 Å². The molecule has 1 N–H and O–H groups in total. The molecule has 1 amide bonds. The first-order valence-corrected chi connectivity index (χ1v) is 6.55. The fourth-order valence-electron chi connectivity index (χ4n) is 2.00. The Morgan fingerprint density at radius 2 is 1.95 bits per heavy atom. The van der Waals surface area contributed by atoms with Crippen molar-refractivity contribution >= 4 is 23.3 Å². The van der Waals surface area contributed by atoms with Gasteiger partial charge < -0.3 is 14.8 Å². The molecular formula is C14H9ClF2N2O3. The van der Waals surface area contributed by atoms with Crippen molar-refractivity contribution < 1.29 is 23.0 Å². The summed E-state index contributed by atoms with van der Waals surface area (Å²) in [6.07, 6.45) is -2.23. The van der Waals surface area contributed by atoms with Crippen molar-refractivity contribution in [1.29, 1.82) is 0 Å². The van der Waals surface area contributed by atoms with Gasteiger partial charge in [-0.2, -0.15) is 0 Å². The van der Waals surface area contributed by atoms with Gasteiger partial charge in [0.05, 0.1) is 5.02 Å². The number of fused-ring (bicyclic) bond motifs is 1. The van der Waals surface area contributed by atoms with E-state index < -0.39 is 6.29 Å². The lowest BCUT2D eigenvalue weighted by molar-refractivity contribution is -0.286. The Kier molecular flexibility index (Phi) is 3.37. The molecule has 8 heteroatoms. The highest BCUT2D eigenvalue weighted by molar-refractivity contribution is 6.33. The van der Waals surface area contributed by atoms with Crippen molar-refractivity contribution in [3.63, 3.8) is 0 Å². The summed E-state index contributed by atoms with van der Waals surface area (Å²) in [5.74, 6) is -0.0971. The molecule has 0 atom stereocenters. The highest BCUT2D eigenvalue weighted by atomic mass is 35.5. The molecule has 0 unspecified atom stereocenters. The van der Waals surface area contributed by atoms with E-state index in [1.165, 1.54) is 25.3 Å². The number of aromatic nitrogens is 1. The summed E-state index contributed by atoms with van der Waals surface area (Å²) in [7, 11) is 0. The van der Waals surface area contributed by atoms with Crippen LogP contribution in [-0.4, -0.2) is 17.2 Å². The van der Waals surface area contributed by atoms with E-state index in [0.717, 1.165) is 0 Å². The summed E-state index contributed by atoms with van der Waals surface area (Å²) in [6.45, 7) is 1.37. The molecule has 0 aliphatic carbocycles. The lowest BCUT2D eigenvalue weighted by Gasteiger charge is -2.07. The van der Waals surface area contributed by atoms with Gasteiger partial charge in [0.25, 0.3) is 0 Å². The molecule has 1 aromatic carbocycles. The largest absolute Gasteiger partial charge is 0.586 e. The van der Waals surface area contributed by atoms with Crippen LogP contribution in [0.25, 0.3) is 11.1 Å². The SMILES string of the molecule is CC(=O)Nc1ccc(-c2cc3c(cc2Cl)OC(F)(F)O3)cn1. The minimum atomic E-state index is -3.70. The monoisotopic (exact) mass is 326 g/mol. The summed E-state index contributed by atoms with van der Waals surface area (Å²) in [6, 6.07) is 5.84. The van der Waals surface area contributed by atoms with Crippen LogP contribution in [0.2, 0.25) is 5.02 Å². The van der Waals surface area contributed by atoms with Gasteiger partial charge in [0.15, 0.2) is 11.5 Å². The van der Waals surface area contributed by atoms with Gasteiger partial charge in [-0.3, -0.25) is 4.79 Å². The van der Waals surface area contributed by atoms with Crippen molar-refractivity contribution in [1.82, 2.24) is 4.98 Å². The number of nitrogens with one attached hydrogen (secondary N) is 1. The first-order valence-electron chi connectivity index (χ1n) is 6.17. The van der Waals surface area contributed by atoms with E-state index in [0.29, 0.717) is 16.9 Å². The number of rotatable bonds is 2. The fraction of sp³-hybridized carbons (Fsp3) is 0.143. The lowest BCUT2D eigenvalue weighted by Crippen LogP contribution is -2.25. The molecule has 1 aromatic heterocycles. The van der Waals surface area contributed by atoms with Crippen molar-refractivity contribution in [3.8, 4) is 22.6 Å². The van der Waals surface area contributed by atoms with Gasteiger partial charge in [0, 0.05) is 30.3 Å². The number of nitrogens with zero attached hydrogens (tertiary/aromatic N) is 1. The number of carbonyl (C=O) groups is 1. The zero-order valence-corrected chi connectivity index (χ0v) is 11.9. The van der Waals surface area contributed by atoms with E-state index in [2.05, 4.69) is 19.8 Å². The predicted octanol–water partition coefficient (Wildman–Crippen LogP) is 3.68. The number of amides is 1. The summed E-state index contributed by atoms with van der Waals surface area (Å²) in [5, 5.41) is 2.74. The van der Waals surface area contributed by atoms with E-state index in [4.69, 9.17) is 11.6 Å². The Hall–Kier alpha value is -2.41. The van der Waals surface area contributed by atoms with Gasteiger partial charge in [-0.1, -0.05) is 11.6 Å². The zero-order valence-electron chi connectivity index (χ0n) is 11.2. The summed E-state index contributed by atoms with van der Waals surface area (Å²) >= 11 is 6.08. The third-order valence-electron chi connectivity index (χ3n) is 2.87. The maximum atomic E-state index is 13.0. The van der Waals surface area contributed by atoms with E-state index in [1.54, 1.807) is 12.1 Å². The molecule has 2 heterocycles. The molecule has 3 rings (SSSR count). The first kappa shape index (κ1) is 14.5. The minimum absolute atomic E-state index is 0.102. The van der Waals surface area contributed by atoms with Crippen molar-refractivity contribution in [3.05, 3.63) is 35.5 Å². The van der Waals surface area contributed by atoms with Crippen LogP contribution < -0.4 is 14.8 Å². The molecule has 0 saturated carbocycles. The number of carbonyl (C=O) groups excluding carboxylic acids is 1. The number of benzene rings is 1. The molecule has 5 nitrogen and oxygen atoms in total. The average molecular weight is 327 g/mol. The van der Waals surface area contributed by atoms with Gasteiger partial charge >= 0.3 is 6.29 Å². The van der Waals surface area contributed by atoms with Crippen LogP contribution in [0.1, 0.15) is 6.92 Å². The minimum Gasteiger partial charge on any atom is -0.395 e. The molecule has 0 fully saturated rings. The van der Waals surface area contributed by atoms with Gasteiger partial charge in [0.1, 0.15) is 5.82 Å². The summed E-state index contributed by atoms with van der Waals surface area (Å²) < 4.78 is 34.8. The first-order chi connectivity index (χ1) is 10.3. The van der Waals surface area contributed by atoms with E-state index >= 15 is 0 Å². The highest BCUT2D eigenvalue weighted by Gasteiger charge is 2.43. The predicted molar refractivity (Wildman–Crippen MR) is 75.2 cm³/mol. The van der Waals surface area contributed by atoms with Crippen molar-refractivity contribution in [2.24, 2.45) is 0 Å². The summed E-state index contributed by atoms with van der Waals surface area (Å²) in [5.41, 5.74) is 1.05. The van der Waals surface area contributed by atoms with Crippen LogP contribution in [0, 0.1) is 0 Å². The fourth-order valence-corrected chi connectivity index (χ4v) is 2.26. The van der Waals surface area contributed by atoms with Gasteiger partial charge in [-0.05, 0) is 18.2 Å². The van der Waals surface area contributed by atoms with Gasteiger partial charge in [0.2, 0.25) is 5.91 Å². The maximum Gasteiger partial charge on any atom is 0.586 e. The molecular weight excluding hydrogens is 318 g/mol. The van der Waals surface area contributed by atoms with Crippen LogP contribution in [-0.2, 0) is 4.79 Å². The second kappa shape index (κ2) is 5.10. The van der Waals surface area contributed by atoms with Crippen molar-refractivity contribution in [2.75, 3.05) is 5.32 Å². The number of hydrogen-bond acceptors (Lipinski definition) is 4. The maximum absolute atomic E-state index is 13.0. The van der Waals surface area contributed by atoms with E-state index in [1.807, 2.05) is 0 Å². The molecule has 0 radical (unpaired) electrons. The number of ether oxygens (including phenoxy) is 2. The number of anilines is 1. The Morgan fingerprint density at radius 3 is 2.55 bits per heavy atom. The molecule has 0 saturated heterocycles. The van der Waals surface area contributed by atoms with Crippen LogP contribution in [0.3, 0.4) is 0 Å². The Bertz CT molecular complexity index is 750. The third-order valence-corrected chi connectivity index (χ3v) is 3.18. The standard InChI is InChI=1S/C14H9ClF2N2O3/c1-7(20)19-13-3-2-8(6-18-13)9-4-11-12(5-10(9)15)22-14(16,17)21-11/h2-6H,1H3,(H,18,19,20). The third kappa shape index (κ3) is 2.80. The number of hydrogen-bond donors (Lipinski definition) is 1. The quantitative estimate of drug-likeness (QED) is 0.914. The molecule has 22 heavy (non-hydrogen) atoms. The van der Waals surface area contributed by atoms with Crippen LogP contribution >= 0.6 is 11.6 Å². The lowest BCUT2D eigenvalue weighted by atomic mass is 10.1. The molecule has 1 aliphatic heterocycles. The topological polar surface area (TPSA) is 60.5 Å². The summed E-state index contributed by atoms with van der Waals surface area (Å²) in [4.78, 5) is 15.0. The molecule has 114 valence electrons. The number of pyridine rings is 1. The molecule has 1 aliphatic rings. The number of alkyl halides is 2. The van der Waals surface area contributed by atoms with E-state index in [-0.39, 0.29) is 22.4 Å². The second-order valence-electron chi connectivity index (χ2n) is 4.56. The van der Waals surface area contributed by atoms with Gasteiger partial charge in [-0.15, -0.1) is 8.78 Å². The van der Waals surface area contributed by atoms with Crippen molar-refractivity contribution in [2.45, 2.75) is 13.2 Å². The highest BCUT2D eigenvalue weighted by Crippen LogP contribution is 2.45. The molecule has 2 aromatic rings. The number of halogens is 3. The normalized spacial score (nSPS) is 14.7. The Labute approximate surface area is 128 Å². The molecule has 0 bridgehead atoms. The Morgan fingerprint density at radius 1 is 1.27 bits per heavy atom. The second-order valence-corrected chi connectivity index (χ2v) is 4.97. The smallest absolute Gasteiger partial charge is 0.395 e. The molecule has 0 spiro atoms. The Balaban J connectivity index is 1.94. The van der Waals surface area contributed by atoms with Crippen LogP contribution in [0.15, 0.2) is 30.5 Å². The zero-order chi connectivity index (χ0) is 15.9.